The zero-order valence-corrected chi connectivity index (χ0v) is 11.4. The number of nitrogens with two attached hydrogens (primary N) is 1. The zero-order valence-electron chi connectivity index (χ0n) is 11.4. The number of nitrogens with zero attached hydrogens (tertiary/aromatic N) is 1. The Labute approximate surface area is 118 Å². The summed E-state index contributed by atoms with van der Waals surface area (Å²) in [5.41, 5.74) is 6.78. The summed E-state index contributed by atoms with van der Waals surface area (Å²) in [6.45, 7) is 0.506. The summed E-state index contributed by atoms with van der Waals surface area (Å²) >= 11 is 0. The largest absolute Gasteiger partial charge is 0.397 e. The van der Waals surface area contributed by atoms with Crippen LogP contribution >= 0.6 is 0 Å². The Bertz CT molecular complexity index is 469. The van der Waals surface area contributed by atoms with Gasteiger partial charge in [-0.3, -0.25) is 14.6 Å². The molecule has 2 amide bonds. The Kier molecular flexibility index (Phi) is 4.92. The third kappa shape index (κ3) is 5.26. The van der Waals surface area contributed by atoms with Crippen LogP contribution in [0.4, 0.5) is 5.69 Å². The first-order valence-corrected chi connectivity index (χ1v) is 6.90. The van der Waals surface area contributed by atoms with Crippen molar-refractivity contribution in [2.75, 3.05) is 12.3 Å². The number of anilines is 1. The normalized spacial score (nSPS) is 13.8. The molecule has 0 spiro atoms. The lowest BCUT2D eigenvalue weighted by atomic mass is 10.2. The van der Waals surface area contributed by atoms with Crippen LogP contribution in [0.25, 0.3) is 0 Å². The lowest BCUT2D eigenvalue weighted by molar-refractivity contribution is -0.122. The number of carbonyl (C=O) groups is 2. The molecule has 1 aromatic heterocycles. The zero-order chi connectivity index (χ0) is 14.4. The van der Waals surface area contributed by atoms with Crippen LogP contribution in [-0.4, -0.2) is 29.4 Å². The summed E-state index contributed by atoms with van der Waals surface area (Å²) in [6.07, 6.45) is 5.06. The molecule has 0 radical (unpaired) electrons. The smallest absolute Gasteiger partial charge is 0.226 e. The van der Waals surface area contributed by atoms with Crippen LogP contribution in [0.3, 0.4) is 0 Å². The minimum Gasteiger partial charge on any atom is -0.397 e. The number of carbonyl (C=O) groups excluding carboxylic acids is 2. The molecule has 4 N–H and O–H groups in total. The summed E-state index contributed by atoms with van der Waals surface area (Å²) in [7, 11) is 0. The maximum atomic E-state index is 11.6. The van der Waals surface area contributed by atoms with Crippen molar-refractivity contribution in [2.45, 2.75) is 38.1 Å². The lowest BCUT2D eigenvalue weighted by Crippen LogP contribution is -2.29. The molecule has 0 saturated heterocycles. The third-order valence-corrected chi connectivity index (χ3v) is 3.03. The van der Waals surface area contributed by atoms with Gasteiger partial charge in [0.25, 0.3) is 0 Å². The van der Waals surface area contributed by atoms with Crippen molar-refractivity contribution in [1.29, 1.82) is 0 Å². The first-order chi connectivity index (χ1) is 9.63. The highest BCUT2D eigenvalue weighted by Gasteiger charge is 2.22. The van der Waals surface area contributed by atoms with E-state index in [9.17, 15) is 9.59 Å². The Morgan fingerprint density at radius 1 is 1.30 bits per heavy atom. The van der Waals surface area contributed by atoms with Gasteiger partial charge in [-0.25, -0.2) is 0 Å². The molecule has 0 aliphatic heterocycles. The van der Waals surface area contributed by atoms with E-state index in [4.69, 9.17) is 5.73 Å². The topological polar surface area (TPSA) is 97.1 Å². The molecule has 0 atom stereocenters. The molecule has 2 rings (SSSR count). The molecule has 0 aromatic carbocycles. The van der Waals surface area contributed by atoms with Gasteiger partial charge < -0.3 is 16.4 Å². The summed E-state index contributed by atoms with van der Waals surface area (Å²) in [4.78, 5) is 27.1. The van der Waals surface area contributed by atoms with E-state index < -0.39 is 0 Å². The van der Waals surface area contributed by atoms with E-state index in [1.54, 1.807) is 12.1 Å². The maximum Gasteiger partial charge on any atom is 0.226 e. The molecule has 6 nitrogen and oxygen atoms in total. The van der Waals surface area contributed by atoms with E-state index in [0.29, 0.717) is 36.8 Å². The molecule has 1 heterocycles. The predicted molar refractivity (Wildman–Crippen MR) is 75.8 cm³/mol. The highest BCUT2D eigenvalue weighted by atomic mass is 16.2. The molecule has 1 fully saturated rings. The molecule has 1 aromatic rings. The van der Waals surface area contributed by atoms with Gasteiger partial charge in [0.1, 0.15) is 0 Å². The van der Waals surface area contributed by atoms with Gasteiger partial charge in [0, 0.05) is 24.7 Å². The van der Waals surface area contributed by atoms with Crippen LogP contribution in [-0.2, 0) is 16.0 Å². The molecule has 20 heavy (non-hydrogen) atoms. The van der Waals surface area contributed by atoms with Crippen molar-refractivity contribution < 1.29 is 9.59 Å². The number of hydrogen-bond donors (Lipinski definition) is 3. The van der Waals surface area contributed by atoms with Crippen molar-refractivity contribution in [2.24, 2.45) is 0 Å². The number of hydrogen-bond acceptors (Lipinski definition) is 4. The molecule has 0 bridgehead atoms. The van der Waals surface area contributed by atoms with Crippen LogP contribution in [0, 0.1) is 0 Å². The molecule has 6 heteroatoms. The van der Waals surface area contributed by atoms with Crippen molar-refractivity contribution in [3.8, 4) is 0 Å². The highest BCUT2D eigenvalue weighted by Crippen LogP contribution is 2.18. The van der Waals surface area contributed by atoms with E-state index in [0.717, 1.165) is 12.8 Å². The summed E-state index contributed by atoms with van der Waals surface area (Å²) in [6, 6.07) is 3.85. The quantitative estimate of drug-likeness (QED) is 0.627. The molecular formula is C14H20N4O2. The Hall–Kier alpha value is -2.11. The van der Waals surface area contributed by atoms with E-state index in [-0.39, 0.29) is 18.2 Å². The number of rotatable bonds is 7. The monoisotopic (exact) mass is 276 g/mol. The average molecular weight is 276 g/mol. The average Bonchev–Trinajstić information content (AvgIpc) is 3.21. The summed E-state index contributed by atoms with van der Waals surface area (Å²) in [5.74, 6) is -0.0215. The van der Waals surface area contributed by atoms with Gasteiger partial charge in [-0.15, -0.1) is 0 Å². The number of nitrogen functional groups attached to an aromatic ring is 1. The Balaban J connectivity index is 1.57. The second-order valence-electron chi connectivity index (χ2n) is 5.05. The number of amides is 2. The van der Waals surface area contributed by atoms with E-state index in [2.05, 4.69) is 15.6 Å². The van der Waals surface area contributed by atoms with Crippen LogP contribution in [0.2, 0.25) is 0 Å². The number of pyridine rings is 1. The molecule has 1 aliphatic rings. The van der Waals surface area contributed by atoms with Gasteiger partial charge in [0.2, 0.25) is 11.8 Å². The fourth-order valence-electron chi connectivity index (χ4n) is 1.77. The predicted octanol–water partition coefficient (Wildman–Crippen LogP) is 0.381. The maximum absolute atomic E-state index is 11.6. The third-order valence-electron chi connectivity index (χ3n) is 3.03. The van der Waals surface area contributed by atoms with Gasteiger partial charge in [-0.1, -0.05) is 0 Å². The first kappa shape index (κ1) is 14.3. The second-order valence-corrected chi connectivity index (χ2v) is 5.05. The lowest BCUT2D eigenvalue weighted by Gasteiger charge is -2.06. The van der Waals surface area contributed by atoms with Gasteiger partial charge >= 0.3 is 0 Å². The first-order valence-electron chi connectivity index (χ1n) is 6.90. The van der Waals surface area contributed by atoms with Crippen molar-refractivity contribution >= 4 is 17.5 Å². The fraction of sp³-hybridized carbons (Fsp3) is 0.500. The molecule has 108 valence electrons. The van der Waals surface area contributed by atoms with E-state index >= 15 is 0 Å². The Morgan fingerprint density at radius 2 is 2.10 bits per heavy atom. The summed E-state index contributed by atoms with van der Waals surface area (Å²) in [5, 5.41) is 5.69. The van der Waals surface area contributed by atoms with Gasteiger partial charge in [-0.05, 0) is 31.4 Å². The fourth-order valence-corrected chi connectivity index (χ4v) is 1.77. The molecular weight excluding hydrogens is 256 g/mol. The van der Waals surface area contributed by atoms with Crippen molar-refractivity contribution in [3.05, 3.63) is 24.0 Å². The second kappa shape index (κ2) is 6.88. The number of nitrogens with one attached hydrogen (secondary N) is 2. The van der Waals surface area contributed by atoms with Gasteiger partial charge in [0.15, 0.2) is 0 Å². The SMILES string of the molecule is Nc1ccc(CC(=O)NCCCC(=O)NC2CC2)nc1. The highest BCUT2D eigenvalue weighted by molar-refractivity contribution is 5.78. The summed E-state index contributed by atoms with van der Waals surface area (Å²) < 4.78 is 0. The van der Waals surface area contributed by atoms with Crippen LogP contribution in [0.5, 0.6) is 0 Å². The van der Waals surface area contributed by atoms with Gasteiger partial charge in [0.05, 0.1) is 18.3 Å². The van der Waals surface area contributed by atoms with Crippen LogP contribution in [0.1, 0.15) is 31.4 Å². The van der Waals surface area contributed by atoms with Gasteiger partial charge in [-0.2, -0.15) is 0 Å². The van der Waals surface area contributed by atoms with Crippen molar-refractivity contribution in [1.82, 2.24) is 15.6 Å². The molecule has 0 unspecified atom stereocenters. The van der Waals surface area contributed by atoms with Crippen molar-refractivity contribution in [3.63, 3.8) is 0 Å². The standard InChI is InChI=1S/C14H20N4O2/c15-10-3-4-12(17-9-10)8-14(20)16-7-1-2-13(19)18-11-5-6-11/h3-4,9,11H,1-2,5-8,15H2,(H,16,20)(H,18,19). The van der Waals surface area contributed by atoms with Crippen LogP contribution in [0.15, 0.2) is 18.3 Å². The van der Waals surface area contributed by atoms with E-state index in [1.165, 1.54) is 6.20 Å². The minimum absolute atomic E-state index is 0.0713. The van der Waals surface area contributed by atoms with Crippen LogP contribution < -0.4 is 16.4 Å². The minimum atomic E-state index is -0.0927. The number of aromatic nitrogens is 1. The molecule has 1 aliphatic carbocycles. The molecule has 1 saturated carbocycles. The Morgan fingerprint density at radius 3 is 2.75 bits per heavy atom. The van der Waals surface area contributed by atoms with E-state index in [1.807, 2.05) is 0 Å².